The third-order valence-electron chi connectivity index (χ3n) is 5.21. The summed E-state index contributed by atoms with van der Waals surface area (Å²) in [5.41, 5.74) is 1.53. The molecular weight excluding hydrogens is 350 g/mol. The smallest absolute Gasteiger partial charge is 0.241 e. The molecule has 3 rings (SSSR count). The summed E-state index contributed by atoms with van der Waals surface area (Å²) in [6.07, 6.45) is 6.45. The first-order valence-corrected chi connectivity index (χ1v) is 9.48. The normalized spacial score (nSPS) is 24.5. The van der Waals surface area contributed by atoms with E-state index in [2.05, 4.69) is 16.0 Å². The first kappa shape index (κ1) is 20.7. The molecule has 2 amide bonds. The SMILES string of the molecule is CC(C)CC(=O)Nc1ccc(NC(=O)C2CC3CCCCC3N2)cc1.Cl. The van der Waals surface area contributed by atoms with Crippen LogP contribution < -0.4 is 16.0 Å². The number of anilines is 2. The zero-order valence-electron chi connectivity index (χ0n) is 15.6. The number of fused-ring (bicyclic) bond motifs is 1. The lowest BCUT2D eigenvalue weighted by Crippen LogP contribution is -2.39. The van der Waals surface area contributed by atoms with E-state index in [0.717, 1.165) is 17.8 Å². The van der Waals surface area contributed by atoms with E-state index in [9.17, 15) is 9.59 Å². The summed E-state index contributed by atoms with van der Waals surface area (Å²) in [6, 6.07) is 7.77. The van der Waals surface area contributed by atoms with E-state index in [-0.39, 0.29) is 30.3 Å². The van der Waals surface area contributed by atoms with E-state index in [1.807, 2.05) is 38.1 Å². The third kappa shape index (κ3) is 5.45. The molecule has 1 aromatic carbocycles. The summed E-state index contributed by atoms with van der Waals surface area (Å²) < 4.78 is 0. The van der Waals surface area contributed by atoms with Gasteiger partial charge in [0.1, 0.15) is 0 Å². The van der Waals surface area contributed by atoms with Crippen molar-refractivity contribution in [2.75, 3.05) is 10.6 Å². The van der Waals surface area contributed by atoms with Gasteiger partial charge in [0, 0.05) is 23.8 Å². The van der Waals surface area contributed by atoms with Gasteiger partial charge in [-0.05, 0) is 55.4 Å². The van der Waals surface area contributed by atoms with Crippen molar-refractivity contribution in [2.45, 2.75) is 64.5 Å². The van der Waals surface area contributed by atoms with Crippen LogP contribution in [0, 0.1) is 11.8 Å². The predicted molar refractivity (Wildman–Crippen MR) is 108 cm³/mol. The number of carbonyl (C=O) groups is 2. The van der Waals surface area contributed by atoms with E-state index in [4.69, 9.17) is 0 Å². The van der Waals surface area contributed by atoms with Gasteiger partial charge in [-0.15, -0.1) is 12.4 Å². The molecule has 144 valence electrons. The topological polar surface area (TPSA) is 70.2 Å². The van der Waals surface area contributed by atoms with Gasteiger partial charge in [-0.2, -0.15) is 0 Å². The molecule has 6 heteroatoms. The molecule has 1 heterocycles. The zero-order valence-corrected chi connectivity index (χ0v) is 16.4. The molecule has 2 aliphatic rings. The Kier molecular flexibility index (Phi) is 7.47. The Bertz CT molecular complexity index is 604. The number of halogens is 1. The highest BCUT2D eigenvalue weighted by Gasteiger charge is 2.38. The van der Waals surface area contributed by atoms with Crippen molar-refractivity contribution >= 4 is 35.6 Å². The van der Waals surface area contributed by atoms with Crippen LogP contribution in [0.4, 0.5) is 11.4 Å². The van der Waals surface area contributed by atoms with Gasteiger partial charge < -0.3 is 16.0 Å². The molecule has 26 heavy (non-hydrogen) atoms. The first-order chi connectivity index (χ1) is 12.0. The van der Waals surface area contributed by atoms with Crippen LogP contribution in [0.5, 0.6) is 0 Å². The van der Waals surface area contributed by atoms with Gasteiger partial charge in [-0.1, -0.05) is 26.7 Å². The maximum atomic E-state index is 12.5. The fourth-order valence-electron chi connectivity index (χ4n) is 3.97. The Morgan fingerprint density at radius 2 is 1.69 bits per heavy atom. The van der Waals surface area contributed by atoms with Crippen molar-refractivity contribution < 1.29 is 9.59 Å². The van der Waals surface area contributed by atoms with Crippen molar-refractivity contribution in [1.82, 2.24) is 5.32 Å². The fourth-order valence-corrected chi connectivity index (χ4v) is 3.97. The molecule has 2 fully saturated rings. The van der Waals surface area contributed by atoms with Crippen molar-refractivity contribution in [3.05, 3.63) is 24.3 Å². The molecule has 1 saturated carbocycles. The molecule has 1 aliphatic carbocycles. The van der Waals surface area contributed by atoms with Crippen LogP contribution in [0.2, 0.25) is 0 Å². The number of hydrogen-bond acceptors (Lipinski definition) is 3. The highest BCUT2D eigenvalue weighted by Crippen LogP contribution is 2.33. The van der Waals surface area contributed by atoms with E-state index in [0.29, 0.717) is 24.3 Å². The molecule has 1 aromatic rings. The second-order valence-electron chi connectivity index (χ2n) is 7.82. The Labute approximate surface area is 162 Å². The van der Waals surface area contributed by atoms with Gasteiger partial charge in [0.05, 0.1) is 6.04 Å². The number of carbonyl (C=O) groups excluding carboxylic acids is 2. The molecule has 1 saturated heterocycles. The van der Waals surface area contributed by atoms with Gasteiger partial charge in [0.2, 0.25) is 11.8 Å². The number of nitrogens with one attached hydrogen (secondary N) is 3. The Balaban J connectivity index is 0.00000243. The minimum atomic E-state index is -0.0847. The number of amides is 2. The summed E-state index contributed by atoms with van der Waals surface area (Å²) in [6.45, 7) is 4.04. The second-order valence-corrected chi connectivity index (χ2v) is 7.82. The monoisotopic (exact) mass is 379 g/mol. The molecule has 0 bridgehead atoms. The van der Waals surface area contributed by atoms with Gasteiger partial charge in [-0.3, -0.25) is 9.59 Å². The molecule has 0 aromatic heterocycles. The van der Waals surface area contributed by atoms with Crippen LogP contribution in [-0.2, 0) is 9.59 Å². The third-order valence-corrected chi connectivity index (χ3v) is 5.21. The predicted octanol–water partition coefficient (Wildman–Crippen LogP) is 3.95. The van der Waals surface area contributed by atoms with Gasteiger partial charge >= 0.3 is 0 Å². The van der Waals surface area contributed by atoms with Crippen LogP contribution in [0.15, 0.2) is 24.3 Å². The van der Waals surface area contributed by atoms with Crippen molar-refractivity contribution in [1.29, 1.82) is 0 Å². The van der Waals surface area contributed by atoms with Crippen molar-refractivity contribution in [3.8, 4) is 0 Å². The summed E-state index contributed by atoms with van der Waals surface area (Å²) in [5, 5.41) is 9.37. The second kappa shape index (κ2) is 9.38. The highest BCUT2D eigenvalue weighted by molar-refractivity contribution is 5.96. The zero-order chi connectivity index (χ0) is 17.8. The van der Waals surface area contributed by atoms with Crippen molar-refractivity contribution in [2.24, 2.45) is 11.8 Å². The summed E-state index contributed by atoms with van der Waals surface area (Å²) >= 11 is 0. The van der Waals surface area contributed by atoms with Gasteiger partial charge in [-0.25, -0.2) is 0 Å². The number of rotatable bonds is 5. The lowest BCUT2D eigenvalue weighted by Gasteiger charge is -2.24. The average molecular weight is 380 g/mol. The van der Waals surface area contributed by atoms with E-state index >= 15 is 0 Å². The highest BCUT2D eigenvalue weighted by atomic mass is 35.5. The van der Waals surface area contributed by atoms with Crippen LogP contribution in [0.25, 0.3) is 0 Å². The lowest BCUT2D eigenvalue weighted by molar-refractivity contribution is -0.118. The first-order valence-electron chi connectivity index (χ1n) is 9.48. The van der Waals surface area contributed by atoms with E-state index in [1.54, 1.807) is 0 Å². The molecule has 5 nitrogen and oxygen atoms in total. The number of benzene rings is 1. The van der Waals surface area contributed by atoms with Crippen LogP contribution >= 0.6 is 12.4 Å². The molecular formula is C20H30ClN3O2. The standard InChI is InChI=1S/C20H29N3O2.ClH/c1-13(2)11-19(24)21-15-7-9-16(10-8-15)22-20(25)18-12-14-5-3-4-6-17(14)23-18;/h7-10,13-14,17-18,23H,3-6,11-12H2,1-2H3,(H,21,24)(H,22,25);1H. The maximum Gasteiger partial charge on any atom is 0.241 e. The van der Waals surface area contributed by atoms with Crippen LogP contribution in [0.3, 0.4) is 0 Å². The Morgan fingerprint density at radius 3 is 2.31 bits per heavy atom. The molecule has 0 radical (unpaired) electrons. The van der Waals surface area contributed by atoms with Gasteiger partial charge in [0.25, 0.3) is 0 Å². The molecule has 3 atom stereocenters. The molecule has 0 spiro atoms. The quantitative estimate of drug-likeness (QED) is 0.725. The van der Waals surface area contributed by atoms with E-state index < -0.39 is 0 Å². The largest absolute Gasteiger partial charge is 0.326 e. The van der Waals surface area contributed by atoms with Gasteiger partial charge in [0.15, 0.2) is 0 Å². The molecule has 1 aliphatic heterocycles. The average Bonchev–Trinajstić information content (AvgIpc) is 3.00. The minimum Gasteiger partial charge on any atom is -0.326 e. The molecule has 3 N–H and O–H groups in total. The number of hydrogen-bond donors (Lipinski definition) is 3. The van der Waals surface area contributed by atoms with Crippen LogP contribution in [-0.4, -0.2) is 23.9 Å². The van der Waals surface area contributed by atoms with Crippen LogP contribution in [0.1, 0.15) is 52.4 Å². The lowest BCUT2D eigenvalue weighted by atomic mass is 9.85. The Hall–Kier alpha value is -1.59. The Morgan fingerprint density at radius 1 is 1.08 bits per heavy atom. The van der Waals surface area contributed by atoms with E-state index in [1.165, 1.54) is 25.7 Å². The molecule has 3 unspecified atom stereocenters. The fraction of sp³-hybridized carbons (Fsp3) is 0.600. The summed E-state index contributed by atoms with van der Waals surface area (Å²) in [7, 11) is 0. The van der Waals surface area contributed by atoms with Crippen molar-refractivity contribution in [3.63, 3.8) is 0 Å². The maximum absolute atomic E-state index is 12.5. The summed E-state index contributed by atoms with van der Waals surface area (Å²) in [5.74, 6) is 1.06. The minimum absolute atomic E-state index is 0. The summed E-state index contributed by atoms with van der Waals surface area (Å²) in [4.78, 5) is 24.3.